The molecule has 2 aromatic rings. The molecule has 0 saturated heterocycles. The van der Waals surface area contributed by atoms with Crippen molar-refractivity contribution < 1.29 is 0 Å². The fraction of sp³-hybridized carbons (Fsp3) is 0.273. The number of fused-ring (bicyclic) bond motifs is 1. The first-order valence-electron chi connectivity index (χ1n) is 4.87. The van der Waals surface area contributed by atoms with Gasteiger partial charge in [-0.05, 0) is 0 Å². The quantitative estimate of drug-likeness (QED) is 0.497. The van der Waals surface area contributed by atoms with E-state index >= 15 is 0 Å². The van der Waals surface area contributed by atoms with Gasteiger partial charge in [0, 0.05) is 18.5 Å². The maximum absolute atomic E-state index is 4.26. The first-order valence-corrected chi connectivity index (χ1v) is 8.37. The van der Waals surface area contributed by atoms with E-state index in [1.165, 1.54) is 0 Å². The Labute approximate surface area is 90.2 Å². The van der Waals surface area contributed by atoms with E-state index in [1.54, 1.807) is 16.9 Å². The zero-order valence-electron chi connectivity index (χ0n) is 9.15. The molecule has 76 valence electrons. The molecule has 0 aromatic carbocycles. The van der Waals surface area contributed by atoms with Gasteiger partial charge in [-0.25, -0.2) is 9.50 Å². The monoisotopic (exact) mass is 215 g/mol. The van der Waals surface area contributed by atoms with Crippen LogP contribution >= 0.6 is 0 Å². The van der Waals surface area contributed by atoms with Gasteiger partial charge in [-0.15, -0.1) is 5.54 Å². The third-order valence-corrected chi connectivity index (χ3v) is 2.70. The minimum absolute atomic E-state index is 0.855. The fourth-order valence-electron chi connectivity index (χ4n) is 1.13. The molecule has 0 aliphatic heterocycles. The highest BCUT2D eigenvalue weighted by molar-refractivity contribution is 6.83. The molecule has 2 heterocycles. The van der Waals surface area contributed by atoms with E-state index in [9.17, 15) is 0 Å². The van der Waals surface area contributed by atoms with E-state index < -0.39 is 8.07 Å². The average molecular weight is 215 g/mol. The van der Waals surface area contributed by atoms with Crippen LogP contribution in [-0.4, -0.2) is 22.7 Å². The number of nitrogens with zero attached hydrogens (tertiary/aromatic N) is 3. The third-order valence-electron chi connectivity index (χ3n) is 1.83. The minimum Gasteiger partial charge on any atom is -0.236 e. The highest BCUT2D eigenvalue weighted by Gasteiger charge is 2.07. The molecule has 0 aliphatic rings. The Morgan fingerprint density at radius 2 is 2.13 bits per heavy atom. The highest BCUT2D eigenvalue weighted by atomic mass is 28.3. The Morgan fingerprint density at radius 1 is 1.33 bits per heavy atom. The summed E-state index contributed by atoms with van der Waals surface area (Å²) in [6, 6.07) is 1.87. The molecular weight excluding hydrogens is 202 g/mol. The number of hydrogen-bond acceptors (Lipinski definition) is 2. The van der Waals surface area contributed by atoms with Gasteiger partial charge in [0.15, 0.2) is 5.65 Å². The number of aromatic nitrogens is 3. The van der Waals surface area contributed by atoms with Crippen molar-refractivity contribution in [2.75, 3.05) is 0 Å². The summed E-state index contributed by atoms with van der Waals surface area (Å²) in [7, 11) is -1.31. The topological polar surface area (TPSA) is 30.2 Å². The van der Waals surface area contributed by atoms with Gasteiger partial charge in [0.05, 0.1) is 11.8 Å². The lowest BCUT2D eigenvalue weighted by Crippen LogP contribution is -2.16. The van der Waals surface area contributed by atoms with E-state index in [0.717, 1.165) is 11.2 Å². The summed E-state index contributed by atoms with van der Waals surface area (Å²) in [4.78, 5) is 4.26. The summed E-state index contributed by atoms with van der Waals surface area (Å²) in [6.45, 7) is 6.67. The van der Waals surface area contributed by atoms with Crippen molar-refractivity contribution in [2.24, 2.45) is 0 Å². The molecule has 0 atom stereocenters. The smallest absolute Gasteiger partial charge is 0.154 e. The van der Waals surface area contributed by atoms with Crippen molar-refractivity contribution in [3.05, 3.63) is 30.2 Å². The van der Waals surface area contributed by atoms with Crippen LogP contribution in [0.25, 0.3) is 5.65 Å². The van der Waals surface area contributed by atoms with E-state index in [1.807, 2.05) is 12.3 Å². The zero-order valence-corrected chi connectivity index (χ0v) is 10.2. The van der Waals surface area contributed by atoms with E-state index in [0.29, 0.717) is 0 Å². The van der Waals surface area contributed by atoms with E-state index in [-0.39, 0.29) is 0 Å². The van der Waals surface area contributed by atoms with Gasteiger partial charge in [-0.2, -0.15) is 5.10 Å². The van der Waals surface area contributed by atoms with Gasteiger partial charge in [0.1, 0.15) is 8.07 Å². The number of rotatable bonds is 0. The molecule has 0 N–H and O–H groups in total. The zero-order chi connectivity index (χ0) is 10.9. The summed E-state index contributed by atoms with van der Waals surface area (Å²) in [5, 5.41) is 4.12. The molecule has 0 spiro atoms. The average Bonchev–Trinajstić information content (AvgIpc) is 2.60. The largest absolute Gasteiger partial charge is 0.236 e. The van der Waals surface area contributed by atoms with Gasteiger partial charge in [-0.1, -0.05) is 25.6 Å². The number of hydrogen-bond donors (Lipinski definition) is 0. The molecular formula is C11H13N3Si. The maximum Gasteiger partial charge on any atom is 0.154 e. The standard InChI is InChI=1S/C11H13N3Si/c1-15(2,3)7-5-10-8-12-11-4-6-13-14(11)9-10/h4,6,8-9H,1-3H3. The molecule has 2 rings (SSSR count). The van der Waals surface area contributed by atoms with Crippen molar-refractivity contribution >= 4 is 13.7 Å². The molecule has 0 unspecified atom stereocenters. The normalized spacial score (nSPS) is 11.1. The van der Waals surface area contributed by atoms with Crippen LogP contribution in [0.5, 0.6) is 0 Å². The Bertz CT molecular complexity index is 540. The Morgan fingerprint density at radius 3 is 2.87 bits per heavy atom. The highest BCUT2D eigenvalue weighted by Crippen LogP contribution is 2.02. The van der Waals surface area contributed by atoms with Crippen molar-refractivity contribution in [3.8, 4) is 11.5 Å². The Hall–Kier alpha value is -1.60. The molecule has 0 aliphatic carbocycles. The molecule has 2 aromatic heterocycles. The SMILES string of the molecule is C[Si](C)(C)C#Cc1cnc2ccnn2c1. The summed E-state index contributed by atoms with van der Waals surface area (Å²) >= 11 is 0. The van der Waals surface area contributed by atoms with E-state index in [4.69, 9.17) is 0 Å². The van der Waals surface area contributed by atoms with Crippen LogP contribution in [0.15, 0.2) is 24.7 Å². The first-order chi connectivity index (χ1) is 7.04. The first kappa shape index (κ1) is 9.93. The van der Waals surface area contributed by atoms with Crippen LogP contribution in [-0.2, 0) is 0 Å². The lowest BCUT2D eigenvalue weighted by Gasteiger charge is -2.03. The summed E-state index contributed by atoms with van der Waals surface area (Å²) in [5.41, 5.74) is 5.08. The molecule has 0 fully saturated rings. The van der Waals surface area contributed by atoms with Crippen LogP contribution in [0.2, 0.25) is 19.6 Å². The molecule has 0 radical (unpaired) electrons. The summed E-state index contributed by atoms with van der Waals surface area (Å²) < 4.78 is 1.74. The second-order valence-electron chi connectivity index (χ2n) is 4.48. The fourth-order valence-corrected chi connectivity index (χ4v) is 1.65. The van der Waals surface area contributed by atoms with Crippen molar-refractivity contribution in [3.63, 3.8) is 0 Å². The summed E-state index contributed by atoms with van der Waals surface area (Å²) in [5.74, 6) is 3.15. The van der Waals surface area contributed by atoms with Gasteiger partial charge in [-0.3, -0.25) is 0 Å². The van der Waals surface area contributed by atoms with Crippen molar-refractivity contribution in [1.82, 2.24) is 14.6 Å². The van der Waals surface area contributed by atoms with Crippen LogP contribution in [0.3, 0.4) is 0 Å². The van der Waals surface area contributed by atoms with Gasteiger partial charge in [0.2, 0.25) is 0 Å². The second kappa shape index (κ2) is 3.52. The van der Waals surface area contributed by atoms with Crippen LogP contribution in [0.1, 0.15) is 5.56 Å². The predicted octanol–water partition coefficient (Wildman–Crippen LogP) is 1.96. The van der Waals surface area contributed by atoms with Crippen molar-refractivity contribution in [2.45, 2.75) is 19.6 Å². The molecule has 0 bridgehead atoms. The molecule has 0 amide bonds. The lowest BCUT2D eigenvalue weighted by molar-refractivity contribution is 0.935. The van der Waals surface area contributed by atoms with Gasteiger partial charge >= 0.3 is 0 Å². The van der Waals surface area contributed by atoms with Crippen molar-refractivity contribution in [1.29, 1.82) is 0 Å². The molecule has 4 heteroatoms. The maximum atomic E-state index is 4.26. The van der Waals surface area contributed by atoms with Crippen LogP contribution in [0, 0.1) is 11.5 Å². The molecule has 0 saturated carbocycles. The van der Waals surface area contributed by atoms with Crippen LogP contribution < -0.4 is 0 Å². The predicted molar refractivity (Wildman–Crippen MR) is 63.2 cm³/mol. The summed E-state index contributed by atoms with van der Waals surface area (Å²) in [6.07, 6.45) is 5.44. The Balaban J connectivity index is 2.39. The third kappa shape index (κ3) is 2.45. The van der Waals surface area contributed by atoms with Crippen LogP contribution in [0.4, 0.5) is 0 Å². The molecule has 3 nitrogen and oxygen atoms in total. The Kier molecular flexibility index (Phi) is 2.33. The second-order valence-corrected chi connectivity index (χ2v) is 9.23. The van der Waals surface area contributed by atoms with E-state index in [2.05, 4.69) is 41.2 Å². The van der Waals surface area contributed by atoms with Gasteiger partial charge in [0.25, 0.3) is 0 Å². The lowest BCUT2D eigenvalue weighted by atomic mass is 10.4. The molecule has 15 heavy (non-hydrogen) atoms. The van der Waals surface area contributed by atoms with Gasteiger partial charge < -0.3 is 0 Å². The minimum atomic E-state index is -1.31.